The fraction of sp³-hybridized carbons (Fsp3) is 0.222. The van der Waals surface area contributed by atoms with E-state index in [1.54, 1.807) is 6.92 Å². The molecule has 2 radical (unpaired) electrons. The molecular weight excluding hydrogens is 209 g/mol. The quantitative estimate of drug-likeness (QED) is 0.688. The van der Waals surface area contributed by atoms with Gasteiger partial charge in [-0.25, -0.2) is 14.8 Å². The predicted molar refractivity (Wildman–Crippen MR) is 56.6 cm³/mol. The van der Waals surface area contributed by atoms with Crippen molar-refractivity contribution in [2.24, 2.45) is 0 Å². The first-order valence-electron chi connectivity index (χ1n) is 4.47. The second-order valence-corrected chi connectivity index (χ2v) is 3.22. The fourth-order valence-electron chi connectivity index (χ4n) is 1.55. The summed E-state index contributed by atoms with van der Waals surface area (Å²) in [6.07, 6.45) is 1.40. The van der Waals surface area contributed by atoms with Crippen molar-refractivity contribution < 1.29 is 14.6 Å². The Balaban J connectivity index is 2.89. The predicted octanol–water partition coefficient (Wildman–Crippen LogP) is -0.462. The van der Waals surface area contributed by atoms with Crippen LogP contribution in [0.15, 0.2) is 6.20 Å². The number of ether oxygens (including phenoxy) is 1. The average molecular weight is 217 g/mol. The Labute approximate surface area is 92.3 Å². The van der Waals surface area contributed by atoms with E-state index in [1.165, 1.54) is 17.7 Å². The molecule has 0 saturated carbocycles. The van der Waals surface area contributed by atoms with Gasteiger partial charge in [-0.3, -0.25) is 4.40 Å². The van der Waals surface area contributed by atoms with Gasteiger partial charge in [0.15, 0.2) is 5.69 Å². The third-order valence-corrected chi connectivity index (χ3v) is 2.16. The van der Waals surface area contributed by atoms with Crippen LogP contribution in [0, 0.1) is 6.92 Å². The lowest BCUT2D eigenvalue weighted by Gasteiger charge is -2.03. The highest BCUT2D eigenvalue weighted by Crippen LogP contribution is 2.18. The van der Waals surface area contributed by atoms with Gasteiger partial charge >= 0.3 is 5.97 Å². The van der Waals surface area contributed by atoms with Gasteiger partial charge in [-0.05, 0) is 6.92 Å². The van der Waals surface area contributed by atoms with E-state index in [4.69, 9.17) is 17.7 Å². The molecule has 0 atom stereocenters. The first-order valence-corrected chi connectivity index (χ1v) is 4.47. The molecule has 0 aliphatic carbocycles. The van der Waals surface area contributed by atoms with E-state index in [0.717, 1.165) is 0 Å². The molecule has 0 fully saturated rings. The van der Waals surface area contributed by atoms with Crippen molar-refractivity contribution in [3.05, 3.63) is 17.6 Å². The van der Waals surface area contributed by atoms with Gasteiger partial charge in [-0.15, -0.1) is 0 Å². The summed E-state index contributed by atoms with van der Waals surface area (Å²) in [5, 5.41) is 9.04. The van der Waals surface area contributed by atoms with Crippen LogP contribution in [0.5, 0.6) is 5.88 Å². The Bertz CT molecular complexity index is 579. The Hall–Kier alpha value is -2.05. The molecule has 16 heavy (non-hydrogen) atoms. The van der Waals surface area contributed by atoms with Crippen LogP contribution in [0.2, 0.25) is 0 Å². The molecule has 0 saturated heterocycles. The molecule has 80 valence electrons. The Kier molecular flexibility index (Phi) is 2.30. The van der Waals surface area contributed by atoms with Crippen molar-refractivity contribution in [3.63, 3.8) is 0 Å². The first-order chi connectivity index (χ1) is 7.54. The molecule has 0 aliphatic rings. The second kappa shape index (κ2) is 3.51. The molecule has 7 heteroatoms. The molecule has 0 bridgehead atoms. The number of rotatable bonds is 2. The normalized spacial score (nSPS) is 10.6. The number of aryl methyl sites for hydroxylation is 1. The number of nitrogens with zero attached hydrogens (tertiary/aromatic N) is 3. The molecule has 0 aromatic carbocycles. The second-order valence-electron chi connectivity index (χ2n) is 3.22. The number of methoxy groups -OCH3 is 1. The summed E-state index contributed by atoms with van der Waals surface area (Å²) in [5.74, 6) is -0.867. The zero-order valence-electron chi connectivity index (χ0n) is 8.76. The maximum atomic E-state index is 11.0. The summed E-state index contributed by atoms with van der Waals surface area (Å²) in [5.41, 5.74) is 0.955. The topological polar surface area (TPSA) is 76.7 Å². The summed E-state index contributed by atoms with van der Waals surface area (Å²) in [6.45, 7) is 1.60. The van der Waals surface area contributed by atoms with Crippen LogP contribution < -0.4 is 10.3 Å². The SMILES string of the molecule is [B]c1cn2c(C(=O)O)c(C)nc2c(OC)n1. The largest absolute Gasteiger partial charge is 0.478 e. The highest BCUT2D eigenvalue weighted by Gasteiger charge is 2.18. The molecule has 0 aliphatic heterocycles. The molecule has 2 aromatic heterocycles. The van der Waals surface area contributed by atoms with Crippen molar-refractivity contribution in [2.45, 2.75) is 6.92 Å². The minimum absolute atomic E-state index is 0.0578. The number of carboxylic acid groups (broad SMARTS) is 1. The number of aromatic carboxylic acids is 1. The Morgan fingerprint density at radius 3 is 2.81 bits per heavy atom. The van der Waals surface area contributed by atoms with Gasteiger partial charge in [-0.1, -0.05) is 0 Å². The van der Waals surface area contributed by atoms with Crippen molar-refractivity contribution in [1.82, 2.24) is 14.4 Å². The van der Waals surface area contributed by atoms with Gasteiger partial charge < -0.3 is 9.84 Å². The average Bonchev–Trinajstić information content (AvgIpc) is 2.52. The van der Waals surface area contributed by atoms with Crippen molar-refractivity contribution in [2.75, 3.05) is 7.11 Å². The number of aromatic nitrogens is 3. The molecule has 2 rings (SSSR count). The first kappa shape index (κ1) is 10.5. The van der Waals surface area contributed by atoms with Crippen molar-refractivity contribution in [3.8, 4) is 5.88 Å². The molecule has 2 aromatic rings. The van der Waals surface area contributed by atoms with Crippen molar-refractivity contribution in [1.29, 1.82) is 0 Å². The zero-order valence-corrected chi connectivity index (χ0v) is 8.76. The summed E-state index contributed by atoms with van der Waals surface area (Å²) in [4.78, 5) is 19.0. The number of imidazole rings is 1. The standard InChI is InChI=1S/C9H8BN3O3/c1-4-6(9(14)15)13-3-5(10)12-8(16-2)7(13)11-4/h3H,1-2H3,(H,14,15). The summed E-state index contributed by atoms with van der Waals surface area (Å²) in [6, 6.07) is 0. The van der Waals surface area contributed by atoms with Gasteiger partial charge in [0.25, 0.3) is 5.88 Å². The molecule has 0 spiro atoms. The van der Waals surface area contributed by atoms with Crippen LogP contribution >= 0.6 is 0 Å². The minimum atomic E-state index is -1.07. The van der Waals surface area contributed by atoms with E-state index in [2.05, 4.69) is 9.97 Å². The van der Waals surface area contributed by atoms with Gasteiger partial charge in [0.05, 0.1) is 12.8 Å². The zero-order chi connectivity index (χ0) is 11.9. The Morgan fingerprint density at radius 2 is 2.25 bits per heavy atom. The summed E-state index contributed by atoms with van der Waals surface area (Å²) in [7, 11) is 6.97. The van der Waals surface area contributed by atoms with E-state index in [1.807, 2.05) is 0 Å². The number of carboxylic acids is 1. The molecule has 0 unspecified atom stereocenters. The lowest BCUT2D eigenvalue weighted by molar-refractivity contribution is 0.0688. The van der Waals surface area contributed by atoms with Crippen LogP contribution in [0.3, 0.4) is 0 Å². The summed E-state index contributed by atoms with van der Waals surface area (Å²) < 4.78 is 6.35. The maximum absolute atomic E-state index is 11.0. The van der Waals surface area contributed by atoms with E-state index in [-0.39, 0.29) is 17.2 Å². The van der Waals surface area contributed by atoms with Crippen LogP contribution in [0.4, 0.5) is 0 Å². The maximum Gasteiger partial charge on any atom is 0.354 e. The van der Waals surface area contributed by atoms with Gasteiger partial charge in [0.1, 0.15) is 7.85 Å². The molecular formula is C9H8BN3O3. The number of hydrogen-bond donors (Lipinski definition) is 1. The lowest BCUT2D eigenvalue weighted by atomic mass is 10.1. The van der Waals surface area contributed by atoms with E-state index >= 15 is 0 Å². The van der Waals surface area contributed by atoms with Gasteiger partial charge in [0, 0.05) is 11.8 Å². The smallest absolute Gasteiger partial charge is 0.354 e. The van der Waals surface area contributed by atoms with Crippen LogP contribution in [0.1, 0.15) is 16.2 Å². The molecule has 0 amide bonds. The Morgan fingerprint density at radius 1 is 1.56 bits per heavy atom. The number of carbonyl (C=O) groups is 1. The monoisotopic (exact) mass is 217 g/mol. The number of fused-ring (bicyclic) bond motifs is 1. The highest BCUT2D eigenvalue weighted by molar-refractivity contribution is 6.30. The third kappa shape index (κ3) is 1.41. The highest BCUT2D eigenvalue weighted by atomic mass is 16.5. The fourth-order valence-corrected chi connectivity index (χ4v) is 1.55. The van der Waals surface area contributed by atoms with Crippen LogP contribution in [-0.4, -0.2) is 40.4 Å². The van der Waals surface area contributed by atoms with Gasteiger partial charge in [0.2, 0.25) is 5.65 Å². The van der Waals surface area contributed by atoms with Crippen molar-refractivity contribution >= 4 is 25.1 Å². The molecule has 6 nitrogen and oxygen atoms in total. The third-order valence-electron chi connectivity index (χ3n) is 2.16. The molecule has 2 heterocycles. The lowest BCUT2D eigenvalue weighted by Crippen LogP contribution is -2.14. The minimum Gasteiger partial charge on any atom is -0.478 e. The van der Waals surface area contributed by atoms with Gasteiger partial charge in [-0.2, -0.15) is 0 Å². The van der Waals surface area contributed by atoms with E-state index in [0.29, 0.717) is 11.3 Å². The van der Waals surface area contributed by atoms with E-state index in [9.17, 15) is 4.79 Å². The number of hydrogen-bond acceptors (Lipinski definition) is 4. The van der Waals surface area contributed by atoms with Crippen LogP contribution in [-0.2, 0) is 0 Å². The van der Waals surface area contributed by atoms with E-state index < -0.39 is 5.97 Å². The molecule has 1 N–H and O–H groups in total. The summed E-state index contributed by atoms with van der Waals surface area (Å²) >= 11 is 0. The van der Waals surface area contributed by atoms with Crippen LogP contribution in [0.25, 0.3) is 5.65 Å².